The third-order valence-electron chi connectivity index (χ3n) is 5.28. The summed E-state index contributed by atoms with van der Waals surface area (Å²) in [5.74, 6) is 1.82. The Morgan fingerprint density at radius 1 is 1.00 bits per heavy atom. The zero-order valence-electron chi connectivity index (χ0n) is 15.4. The molecule has 2 aromatic carbocycles. The Morgan fingerprint density at radius 3 is 2.54 bits per heavy atom. The second-order valence-corrected chi connectivity index (χ2v) is 6.69. The first-order valence-electron chi connectivity index (χ1n) is 8.85. The van der Waals surface area contributed by atoms with Gasteiger partial charge in [-0.1, -0.05) is 6.08 Å². The Labute approximate surface area is 161 Å². The number of nitrogens with zero attached hydrogens (tertiary/aromatic N) is 1. The zero-order chi connectivity index (χ0) is 19.4. The van der Waals surface area contributed by atoms with E-state index >= 15 is 0 Å². The first-order valence-corrected chi connectivity index (χ1v) is 8.85. The molecule has 0 saturated carbocycles. The fourth-order valence-electron chi connectivity index (χ4n) is 3.96. The Hall–Kier alpha value is -3.48. The van der Waals surface area contributed by atoms with E-state index in [2.05, 4.69) is 0 Å². The van der Waals surface area contributed by atoms with E-state index in [9.17, 15) is 9.59 Å². The number of fused-ring (bicyclic) bond motifs is 5. The maximum Gasteiger partial charge on any atom is 0.263 e. The monoisotopic (exact) mass is 379 g/mol. The van der Waals surface area contributed by atoms with Crippen LogP contribution in [0.4, 0.5) is 0 Å². The summed E-state index contributed by atoms with van der Waals surface area (Å²) >= 11 is 0. The van der Waals surface area contributed by atoms with Crippen LogP contribution in [0.15, 0.2) is 30.3 Å². The molecule has 0 aromatic heterocycles. The van der Waals surface area contributed by atoms with E-state index in [-0.39, 0.29) is 31.4 Å². The molecule has 3 aliphatic heterocycles. The predicted octanol–water partition coefficient (Wildman–Crippen LogP) is 3.02. The van der Waals surface area contributed by atoms with Crippen LogP contribution >= 0.6 is 0 Å². The molecule has 142 valence electrons. The first kappa shape index (κ1) is 16.7. The highest BCUT2D eigenvalue weighted by Crippen LogP contribution is 2.45. The van der Waals surface area contributed by atoms with E-state index < -0.39 is 0 Å². The number of Topliss-reactive ketones (excluding diaryl/α,β-unsaturated/α-hetero) is 1. The quantitative estimate of drug-likeness (QED) is 0.799. The number of amides is 1. The molecule has 0 atom stereocenters. The van der Waals surface area contributed by atoms with Crippen molar-refractivity contribution >= 4 is 17.4 Å². The molecule has 0 bridgehead atoms. The molecule has 3 heterocycles. The topological polar surface area (TPSA) is 74.3 Å². The third-order valence-corrected chi connectivity index (χ3v) is 5.28. The van der Waals surface area contributed by atoms with Crippen molar-refractivity contribution in [2.24, 2.45) is 0 Å². The van der Waals surface area contributed by atoms with Crippen LogP contribution in [0.25, 0.3) is 5.70 Å². The molecule has 0 saturated heterocycles. The van der Waals surface area contributed by atoms with Crippen LogP contribution in [0.1, 0.15) is 38.3 Å². The number of hydrogen-bond donors (Lipinski definition) is 0. The minimum Gasteiger partial charge on any atom is -0.493 e. The molecule has 5 rings (SSSR count). The summed E-state index contributed by atoms with van der Waals surface area (Å²) < 4.78 is 21.7. The number of ketones is 1. The molecule has 0 radical (unpaired) electrons. The number of ether oxygens (including phenoxy) is 4. The van der Waals surface area contributed by atoms with Gasteiger partial charge in [0.05, 0.1) is 26.3 Å². The van der Waals surface area contributed by atoms with Crippen molar-refractivity contribution in [1.82, 2.24) is 4.90 Å². The summed E-state index contributed by atoms with van der Waals surface area (Å²) in [5.41, 5.74) is 3.17. The number of methoxy groups -OCH3 is 2. The summed E-state index contributed by atoms with van der Waals surface area (Å²) in [6.45, 7) is 0.378. The number of benzene rings is 2. The third kappa shape index (κ3) is 2.22. The predicted molar refractivity (Wildman–Crippen MR) is 98.9 cm³/mol. The molecule has 0 fully saturated rings. The van der Waals surface area contributed by atoms with Gasteiger partial charge in [-0.2, -0.15) is 0 Å². The highest BCUT2D eigenvalue weighted by molar-refractivity contribution is 6.13. The molecule has 0 spiro atoms. The largest absolute Gasteiger partial charge is 0.493 e. The van der Waals surface area contributed by atoms with Gasteiger partial charge in [-0.25, -0.2) is 0 Å². The van der Waals surface area contributed by atoms with Gasteiger partial charge in [0.1, 0.15) is 0 Å². The number of carbonyl (C=O) groups is 2. The SMILES string of the molecule is COc1ccc2c(c1OC)C(=O)N1Cc3cc4c(cc3C(=O)C/C=C/21)OCO4. The Kier molecular flexibility index (Phi) is 3.58. The van der Waals surface area contributed by atoms with Crippen LogP contribution in [-0.2, 0) is 6.54 Å². The summed E-state index contributed by atoms with van der Waals surface area (Å²) in [6.07, 6.45) is 1.98. The minimum absolute atomic E-state index is 0.0261. The molecule has 2 aromatic rings. The average molecular weight is 379 g/mol. The van der Waals surface area contributed by atoms with E-state index in [4.69, 9.17) is 18.9 Å². The molecule has 7 nitrogen and oxygen atoms in total. The van der Waals surface area contributed by atoms with Gasteiger partial charge >= 0.3 is 0 Å². The molecule has 0 aliphatic carbocycles. The lowest BCUT2D eigenvalue weighted by Gasteiger charge is -2.22. The van der Waals surface area contributed by atoms with Crippen molar-refractivity contribution in [2.45, 2.75) is 13.0 Å². The van der Waals surface area contributed by atoms with Gasteiger partial charge < -0.3 is 23.8 Å². The van der Waals surface area contributed by atoms with Crippen LogP contribution < -0.4 is 18.9 Å². The molecule has 0 N–H and O–H groups in total. The lowest BCUT2D eigenvalue weighted by atomic mass is 9.97. The van der Waals surface area contributed by atoms with Crippen molar-refractivity contribution < 1.29 is 28.5 Å². The van der Waals surface area contributed by atoms with Crippen molar-refractivity contribution in [2.75, 3.05) is 21.0 Å². The summed E-state index contributed by atoms with van der Waals surface area (Å²) in [6, 6.07) is 7.08. The molecule has 28 heavy (non-hydrogen) atoms. The van der Waals surface area contributed by atoms with Gasteiger partial charge in [-0.15, -0.1) is 0 Å². The highest BCUT2D eigenvalue weighted by Gasteiger charge is 2.38. The van der Waals surface area contributed by atoms with Crippen LogP contribution in [0, 0.1) is 0 Å². The van der Waals surface area contributed by atoms with Gasteiger partial charge in [0.15, 0.2) is 28.8 Å². The van der Waals surface area contributed by atoms with E-state index in [1.807, 2.05) is 6.07 Å². The van der Waals surface area contributed by atoms with Crippen LogP contribution in [0.5, 0.6) is 23.0 Å². The van der Waals surface area contributed by atoms with Gasteiger partial charge in [-0.05, 0) is 29.8 Å². The fraction of sp³-hybridized carbons (Fsp3) is 0.238. The lowest BCUT2D eigenvalue weighted by Crippen LogP contribution is -2.25. The summed E-state index contributed by atoms with van der Waals surface area (Å²) in [5, 5.41) is 0. The molecule has 3 aliphatic rings. The zero-order valence-corrected chi connectivity index (χ0v) is 15.4. The number of carbonyl (C=O) groups excluding carboxylic acids is 2. The Morgan fingerprint density at radius 2 is 1.79 bits per heavy atom. The summed E-state index contributed by atoms with van der Waals surface area (Å²) in [7, 11) is 3.04. The standard InChI is InChI=1S/C21H17NO6/c1-25-16-6-3-12-14-4-5-15(23)13-8-18-17(27-10-28-18)7-11(13)9-22(14)21(24)19(12)20(16)26-2/h3-4,6-8H,5,9-10H2,1-2H3/b14-4-. The van der Waals surface area contributed by atoms with E-state index in [0.717, 1.165) is 11.1 Å². The Bertz CT molecular complexity index is 1070. The fourth-order valence-corrected chi connectivity index (χ4v) is 3.96. The van der Waals surface area contributed by atoms with Crippen LogP contribution in [0.3, 0.4) is 0 Å². The van der Waals surface area contributed by atoms with Crippen molar-refractivity contribution in [3.05, 3.63) is 52.6 Å². The maximum atomic E-state index is 13.3. The van der Waals surface area contributed by atoms with Crippen molar-refractivity contribution in [3.63, 3.8) is 0 Å². The van der Waals surface area contributed by atoms with Gasteiger partial charge in [0.2, 0.25) is 6.79 Å². The molecular weight excluding hydrogens is 362 g/mol. The lowest BCUT2D eigenvalue weighted by molar-refractivity contribution is 0.0834. The van der Waals surface area contributed by atoms with Gasteiger partial charge in [0.25, 0.3) is 5.91 Å². The van der Waals surface area contributed by atoms with Crippen molar-refractivity contribution in [1.29, 1.82) is 0 Å². The van der Waals surface area contributed by atoms with E-state index in [1.54, 1.807) is 29.2 Å². The van der Waals surface area contributed by atoms with Crippen LogP contribution in [-0.4, -0.2) is 37.6 Å². The second kappa shape index (κ2) is 6.02. The molecule has 1 amide bonds. The number of allylic oxidation sites excluding steroid dienone is 1. The average Bonchev–Trinajstić information content (AvgIpc) is 3.26. The second-order valence-electron chi connectivity index (χ2n) is 6.69. The van der Waals surface area contributed by atoms with Gasteiger partial charge in [0, 0.05) is 23.2 Å². The highest BCUT2D eigenvalue weighted by atomic mass is 16.7. The van der Waals surface area contributed by atoms with Crippen LogP contribution in [0.2, 0.25) is 0 Å². The van der Waals surface area contributed by atoms with E-state index in [0.29, 0.717) is 39.8 Å². The normalized spacial score (nSPS) is 18.5. The Balaban J connectivity index is 1.65. The molecule has 0 unspecified atom stereocenters. The molecule has 7 heteroatoms. The summed E-state index contributed by atoms with van der Waals surface area (Å²) in [4.78, 5) is 27.7. The van der Waals surface area contributed by atoms with E-state index in [1.165, 1.54) is 14.2 Å². The first-order chi connectivity index (χ1) is 13.6. The maximum absolute atomic E-state index is 13.3. The smallest absolute Gasteiger partial charge is 0.263 e. The number of rotatable bonds is 2. The number of hydrogen-bond acceptors (Lipinski definition) is 6. The van der Waals surface area contributed by atoms with Gasteiger partial charge in [-0.3, -0.25) is 9.59 Å². The molecular formula is C21H17NO6. The minimum atomic E-state index is -0.185. The van der Waals surface area contributed by atoms with Crippen molar-refractivity contribution in [3.8, 4) is 23.0 Å².